The minimum Gasteiger partial charge on any atom is -0.481 e. The van der Waals surface area contributed by atoms with Crippen molar-refractivity contribution in [3.05, 3.63) is 35.6 Å². The first kappa shape index (κ1) is 12.6. The molecule has 0 bridgehead atoms. The van der Waals surface area contributed by atoms with Crippen LogP contribution in [0.25, 0.3) is 0 Å². The van der Waals surface area contributed by atoms with Crippen molar-refractivity contribution in [3.8, 4) is 0 Å². The van der Waals surface area contributed by atoms with E-state index < -0.39 is 18.6 Å². The Morgan fingerprint density at radius 2 is 1.94 bits per heavy atom. The molecule has 1 rings (SSSR count). The second-order valence-corrected chi connectivity index (χ2v) is 3.70. The zero-order chi connectivity index (χ0) is 12.0. The zero-order valence-electron chi connectivity index (χ0n) is 8.83. The molecule has 0 saturated carbocycles. The highest BCUT2D eigenvalue weighted by Gasteiger charge is 2.17. The van der Waals surface area contributed by atoms with E-state index in [0.717, 1.165) is 5.56 Å². The summed E-state index contributed by atoms with van der Waals surface area (Å²) in [5, 5.41) is 8.92. The molecule has 0 fully saturated rings. The largest absolute Gasteiger partial charge is 0.481 e. The van der Waals surface area contributed by atoms with Crippen molar-refractivity contribution in [1.29, 1.82) is 0 Å². The number of hydrogen-bond acceptors (Lipinski definition) is 1. The van der Waals surface area contributed by atoms with Crippen molar-refractivity contribution in [2.45, 2.75) is 19.3 Å². The van der Waals surface area contributed by atoms with Crippen LogP contribution in [-0.2, 0) is 11.2 Å². The normalized spacial score (nSPS) is 12.4. The van der Waals surface area contributed by atoms with E-state index in [1.807, 2.05) is 0 Å². The summed E-state index contributed by atoms with van der Waals surface area (Å²) < 4.78 is 24.6. The molecule has 0 aliphatic heterocycles. The van der Waals surface area contributed by atoms with Crippen molar-refractivity contribution >= 4 is 5.97 Å². The number of aliphatic carboxylic acids is 1. The number of benzene rings is 1. The molecule has 0 saturated heterocycles. The van der Waals surface area contributed by atoms with Crippen LogP contribution in [0, 0.1) is 11.7 Å². The Labute approximate surface area is 92.9 Å². The standard InChI is InChI=1S/C12H14F2O2/c13-7-1-2-10(12(15)16)8-9-3-5-11(14)6-4-9/h3-6,10H,1-2,7-8H2,(H,15,16). The summed E-state index contributed by atoms with van der Waals surface area (Å²) in [5.74, 6) is -1.88. The molecule has 1 N–H and O–H groups in total. The molecule has 88 valence electrons. The van der Waals surface area contributed by atoms with Gasteiger partial charge in [-0.15, -0.1) is 0 Å². The average molecular weight is 228 g/mol. The highest BCUT2D eigenvalue weighted by atomic mass is 19.1. The van der Waals surface area contributed by atoms with Crippen LogP contribution in [0.15, 0.2) is 24.3 Å². The summed E-state index contributed by atoms with van der Waals surface area (Å²) in [6, 6.07) is 5.70. The van der Waals surface area contributed by atoms with Gasteiger partial charge in [-0.25, -0.2) is 4.39 Å². The van der Waals surface area contributed by atoms with Gasteiger partial charge in [0, 0.05) is 0 Å². The Morgan fingerprint density at radius 3 is 2.44 bits per heavy atom. The van der Waals surface area contributed by atoms with Gasteiger partial charge < -0.3 is 5.11 Å². The molecule has 0 heterocycles. The fourth-order valence-electron chi connectivity index (χ4n) is 1.54. The summed E-state index contributed by atoms with van der Waals surface area (Å²) in [5.41, 5.74) is 0.757. The van der Waals surface area contributed by atoms with E-state index in [2.05, 4.69) is 0 Å². The monoisotopic (exact) mass is 228 g/mol. The Balaban J connectivity index is 2.60. The lowest BCUT2D eigenvalue weighted by Crippen LogP contribution is -2.16. The van der Waals surface area contributed by atoms with Crippen molar-refractivity contribution in [2.24, 2.45) is 5.92 Å². The first-order valence-corrected chi connectivity index (χ1v) is 5.16. The molecular formula is C12H14F2O2. The fraction of sp³-hybridized carbons (Fsp3) is 0.417. The number of carboxylic acid groups (broad SMARTS) is 1. The van der Waals surface area contributed by atoms with Crippen LogP contribution in [0.4, 0.5) is 8.78 Å². The van der Waals surface area contributed by atoms with Gasteiger partial charge in [0.25, 0.3) is 0 Å². The minimum atomic E-state index is -0.933. The van der Waals surface area contributed by atoms with Gasteiger partial charge >= 0.3 is 5.97 Å². The maximum Gasteiger partial charge on any atom is 0.306 e. The highest BCUT2D eigenvalue weighted by molar-refractivity contribution is 5.70. The van der Waals surface area contributed by atoms with Crippen LogP contribution in [-0.4, -0.2) is 17.8 Å². The average Bonchev–Trinajstić information content (AvgIpc) is 2.26. The van der Waals surface area contributed by atoms with Crippen molar-refractivity contribution < 1.29 is 18.7 Å². The van der Waals surface area contributed by atoms with E-state index in [-0.39, 0.29) is 12.2 Å². The molecular weight excluding hydrogens is 214 g/mol. The third-order valence-corrected chi connectivity index (χ3v) is 2.43. The van der Waals surface area contributed by atoms with Crippen LogP contribution in [0.5, 0.6) is 0 Å². The van der Waals surface area contributed by atoms with E-state index in [0.29, 0.717) is 12.8 Å². The van der Waals surface area contributed by atoms with Gasteiger partial charge in [-0.2, -0.15) is 0 Å². The van der Waals surface area contributed by atoms with E-state index in [4.69, 9.17) is 5.11 Å². The van der Waals surface area contributed by atoms with Gasteiger partial charge in [0.2, 0.25) is 0 Å². The van der Waals surface area contributed by atoms with Gasteiger partial charge in [0.1, 0.15) is 5.82 Å². The van der Waals surface area contributed by atoms with Crippen LogP contribution in [0.3, 0.4) is 0 Å². The van der Waals surface area contributed by atoms with Crippen molar-refractivity contribution in [1.82, 2.24) is 0 Å². The fourth-order valence-corrected chi connectivity index (χ4v) is 1.54. The molecule has 0 aliphatic rings. The number of rotatable bonds is 6. The predicted octanol–water partition coefficient (Wildman–Crippen LogP) is 2.82. The third-order valence-electron chi connectivity index (χ3n) is 2.43. The Hall–Kier alpha value is -1.45. The Bertz CT molecular complexity index is 335. The molecule has 0 aliphatic carbocycles. The molecule has 0 radical (unpaired) electrons. The number of carboxylic acids is 1. The van der Waals surface area contributed by atoms with Crippen LogP contribution >= 0.6 is 0 Å². The summed E-state index contributed by atoms with van der Waals surface area (Å²) >= 11 is 0. The van der Waals surface area contributed by atoms with Gasteiger partial charge in [-0.3, -0.25) is 9.18 Å². The smallest absolute Gasteiger partial charge is 0.306 e. The molecule has 1 aromatic rings. The van der Waals surface area contributed by atoms with Gasteiger partial charge in [-0.05, 0) is 37.0 Å². The number of hydrogen-bond donors (Lipinski definition) is 1. The first-order valence-electron chi connectivity index (χ1n) is 5.16. The van der Waals surface area contributed by atoms with Crippen LogP contribution in [0.2, 0.25) is 0 Å². The lowest BCUT2D eigenvalue weighted by atomic mass is 9.95. The molecule has 0 aromatic heterocycles. The van der Waals surface area contributed by atoms with E-state index in [9.17, 15) is 13.6 Å². The van der Waals surface area contributed by atoms with E-state index in [1.165, 1.54) is 12.1 Å². The highest BCUT2D eigenvalue weighted by Crippen LogP contribution is 2.15. The first-order chi connectivity index (χ1) is 7.63. The summed E-state index contributed by atoms with van der Waals surface area (Å²) in [4.78, 5) is 10.9. The summed E-state index contributed by atoms with van der Waals surface area (Å²) in [6.07, 6.45) is 0.872. The van der Waals surface area contributed by atoms with Crippen molar-refractivity contribution in [2.75, 3.05) is 6.67 Å². The summed E-state index contributed by atoms with van der Waals surface area (Å²) in [6.45, 7) is -0.507. The third kappa shape index (κ3) is 3.96. The van der Waals surface area contributed by atoms with Crippen LogP contribution < -0.4 is 0 Å². The van der Waals surface area contributed by atoms with Gasteiger partial charge in [-0.1, -0.05) is 12.1 Å². The molecule has 1 aromatic carbocycles. The maximum atomic E-state index is 12.6. The number of carbonyl (C=O) groups is 1. The lowest BCUT2D eigenvalue weighted by Gasteiger charge is -2.11. The molecule has 1 unspecified atom stereocenters. The predicted molar refractivity (Wildman–Crippen MR) is 56.4 cm³/mol. The van der Waals surface area contributed by atoms with Crippen LogP contribution in [0.1, 0.15) is 18.4 Å². The van der Waals surface area contributed by atoms with Gasteiger partial charge in [0.15, 0.2) is 0 Å². The quantitative estimate of drug-likeness (QED) is 0.812. The minimum absolute atomic E-state index is 0.248. The molecule has 4 heteroatoms. The lowest BCUT2D eigenvalue weighted by molar-refractivity contribution is -0.142. The van der Waals surface area contributed by atoms with E-state index in [1.54, 1.807) is 12.1 Å². The summed E-state index contributed by atoms with van der Waals surface area (Å²) in [7, 11) is 0. The maximum absolute atomic E-state index is 12.6. The Kier molecular flexibility index (Phi) is 4.89. The molecule has 0 spiro atoms. The SMILES string of the molecule is O=C(O)C(CCCF)Cc1ccc(F)cc1. The molecule has 16 heavy (non-hydrogen) atoms. The zero-order valence-corrected chi connectivity index (χ0v) is 8.83. The Morgan fingerprint density at radius 1 is 1.31 bits per heavy atom. The van der Waals surface area contributed by atoms with Gasteiger partial charge in [0.05, 0.1) is 12.6 Å². The molecule has 1 atom stereocenters. The second-order valence-electron chi connectivity index (χ2n) is 3.70. The molecule has 0 amide bonds. The topological polar surface area (TPSA) is 37.3 Å². The number of alkyl halides is 1. The molecule has 2 nitrogen and oxygen atoms in total. The van der Waals surface area contributed by atoms with E-state index >= 15 is 0 Å². The number of halogens is 2. The van der Waals surface area contributed by atoms with Crippen molar-refractivity contribution in [3.63, 3.8) is 0 Å². The second kappa shape index (κ2) is 6.20.